The van der Waals surface area contributed by atoms with Crippen molar-refractivity contribution in [3.8, 4) is 0 Å². The van der Waals surface area contributed by atoms with Crippen LogP contribution in [0.25, 0.3) is 0 Å². The Kier molecular flexibility index (Phi) is 4.57. The van der Waals surface area contributed by atoms with Gasteiger partial charge in [-0.3, -0.25) is 9.67 Å². The number of nitrogens with one attached hydrogen (secondary N) is 1. The first-order chi connectivity index (χ1) is 9.19. The maximum atomic E-state index is 12.8. The molecule has 1 N–H and O–H groups in total. The van der Waals surface area contributed by atoms with Crippen LogP contribution in [0.4, 0.5) is 4.39 Å². The standard InChI is InChI=1S/C13H18FN5/c1-3-11(12-5-4-10(14)8-16-12)15-7-6-13-17-9-19(2)18-13/h4-5,8-9,11,15H,3,6-7H2,1-2H3. The van der Waals surface area contributed by atoms with E-state index in [0.29, 0.717) is 0 Å². The highest BCUT2D eigenvalue weighted by Gasteiger charge is 2.10. The third-order valence-electron chi connectivity index (χ3n) is 2.90. The van der Waals surface area contributed by atoms with Crippen LogP contribution >= 0.6 is 0 Å². The smallest absolute Gasteiger partial charge is 0.151 e. The minimum absolute atomic E-state index is 0.129. The van der Waals surface area contributed by atoms with Gasteiger partial charge in [0.1, 0.15) is 12.1 Å². The molecule has 6 heteroatoms. The fourth-order valence-electron chi connectivity index (χ4n) is 1.91. The minimum atomic E-state index is -0.309. The SMILES string of the molecule is CCC(NCCc1ncn(C)n1)c1ccc(F)cn1. The molecular weight excluding hydrogens is 245 g/mol. The lowest BCUT2D eigenvalue weighted by molar-refractivity contribution is 0.504. The van der Waals surface area contributed by atoms with Crippen molar-refractivity contribution in [3.63, 3.8) is 0 Å². The molecule has 2 heterocycles. The Morgan fingerprint density at radius 3 is 2.79 bits per heavy atom. The summed E-state index contributed by atoms with van der Waals surface area (Å²) in [5.74, 6) is 0.508. The van der Waals surface area contributed by atoms with Gasteiger partial charge in [-0.05, 0) is 18.6 Å². The number of nitrogens with zero attached hydrogens (tertiary/aromatic N) is 4. The topological polar surface area (TPSA) is 55.6 Å². The number of hydrogen-bond acceptors (Lipinski definition) is 4. The number of hydrogen-bond donors (Lipinski definition) is 1. The first-order valence-corrected chi connectivity index (χ1v) is 6.38. The molecule has 1 unspecified atom stereocenters. The van der Waals surface area contributed by atoms with E-state index in [-0.39, 0.29) is 11.9 Å². The van der Waals surface area contributed by atoms with Gasteiger partial charge in [0.2, 0.25) is 0 Å². The number of halogens is 1. The lowest BCUT2D eigenvalue weighted by Crippen LogP contribution is -2.24. The zero-order valence-corrected chi connectivity index (χ0v) is 11.2. The second kappa shape index (κ2) is 6.38. The Morgan fingerprint density at radius 2 is 2.21 bits per heavy atom. The van der Waals surface area contributed by atoms with Crippen molar-refractivity contribution < 1.29 is 4.39 Å². The van der Waals surface area contributed by atoms with E-state index in [0.717, 1.165) is 30.9 Å². The molecule has 0 fully saturated rings. The van der Waals surface area contributed by atoms with Gasteiger partial charge in [-0.2, -0.15) is 5.10 Å². The van der Waals surface area contributed by atoms with Gasteiger partial charge >= 0.3 is 0 Å². The van der Waals surface area contributed by atoms with Gasteiger partial charge in [0.25, 0.3) is 0 Å². The second-order valence-corrected chi connectivity index (χ2v) is 4.40. The highest BCUT2D eigenvalue weighted by Crippen LogP contribution is 2.13. The minimum Gasteiger partial charge on any atom is -0.308 e. The van der Waals surface area contributed by atoms with Crippen LogP contribution in [0.15, 0.2) is 24.7 Å². The van der Waals surface area contributed by atoms with E-state index < -0.39 is 0 Å². The zero-order valence-electron chi connectivity index (χ0n) is 11.2. The Labute approximate surface area is 111 Å². The summed E-state index contributed by atoms with van der Waals surface area (Å²) < 4.78 is 14.5. The largest absolute Gasteiger partial charge is 0.308 e. The Morgan fingerprint density at radius 1 is 1.37 bits per heavy atom. The van der Waals surface area contributed by atoms with Crippen molar-refractivity contribution >= 4 is 0 Å². The van der Waals surface area contributed by atoms with E-state index in [2.05, 4.69) is 27.3 Å². The molecule has 1 atom stereocenters. The molecule has 102 valence electrons. The molecule has 0 saturated heterocycles. The summed E-state index contributed by atoms with van der Waals surface area (Å²) in [7, 11) is 1.85. The van der Waals surface area contributed by atoms with Gasteiger partial charge in [-0.15, -0.1) is 0 Å². The van der Waals surface area contributed by atoms with Crippen LogP contribution in [0.3, 0.4) is 0 Å². The molecule has 19 heavy (non-hydrogen) atoms. The lowest BCUT2D eigenvalue weighted by Gasteiger charge is -2.15. The number of aromatic nitrogens is 4. The predicted molar refractivity (Wildman–Crippen MR) is 69.9 cm³/mol. The molecule has 0 spiro atoms. The van der Waals surface area contributed by atoms with Crippen LogP contribution in [-0.4, -0.2) is 26.3 Å². The van der Waals surface area contributed by atoms with Crippen LogP contribution in [0.2, 0.25) is 0 Å². The Bertz CT molecular complexity index is 508. The number of rotatable bonds is 6. The molecule has 0 aliphatic rings. The molecule has 5 nitrogen and oxygen atoms in total. The fraction of sp³-hybridized carbons (Fsp3) is 0.462. The third kappa shape index (κ3) is 3.82. The van der Waals surface area contributed by atoms with Gasteiger partial charge in [0.15, 0.2) is 5.82 Å². The first-order valence-electron chi connectivity index (χ1n) is 6.38. The average Bonchev–Trinajstić information content (AvgIpc) is 2.82. The molecule has 0 radical (unpaired) electrons. The maximum absolute atomic E-state index is 12.8. The van der Waals surface area contributed by atoms with Crippen LogP contribution in [0.1, 0.15) is 30.9 Å². The Hall–Kier alpha value is -1.82. The normalized spacial score (nSPS) is 12.6. The van der Waals surface area contributed by atoms with E-state index >= 15 is 0 Å². The molecular formula is C13H18FN5. The molecule has 0 aromatic carbocycles. The molecule has 2 aromatic rings. The third-order valence-corrected chi connectivity index (χ3v) is 2.90. The Balaban J connectivity index is 1.87. The monoisotopic (exact) mass is 263 g/mol. The van der Waals surface area contributed by atoms with Crippen LogP contribution in [-0.2, 0) is 13.5 Å². The molecule has 0 bridgehead atoms. The van der Waals surface area contributed by atoms with Crippen molar-refractivity contribution in [1.82, 2.24) is 25.1 Å². The summed E-state index contributed by atoms with van der Waals surface area (Å²) in [6.07, 6.45) is 4.60. The van der Waals surface area contributed by atoms with Gasteiger partial charge < -0.3 is 5.32 Å². The summed E-state index contributed by atoms with van der Waals surface area (Å²) in [5.41, 5.74) is 0.859. The van der Waals surface area contributed by atoms with Gasteiger partial charge in [-0.1, -0.05) is 6.92 Å². The van der Waals surface area contributed by atoms with Crippen LogP contribution in [0.5, 0.6) is 0 Å². The summed E-state index contributed by atoms with van der Waals surface area (Å²) in [6, 6.07) is 3.28. The van der Waals surface area contributed by atoms with Crippen LogP contribution in [0, 0.1) is 5.82 Å². The summed E-state index contributed by atoms with van der Waals surface area (Å²) in [6.45, 7) is 2.84. The predicted octanol–water partition coefficient (Wildman–Crippen LogP) is 1.63. The summed E-state index contributed by atoms with van der Waals surface area (Å²) in [4.78, 5) is 8.28. The van der Waals surface area contributed by atoms with Gasteiger partial charge in [0, 0.05) is 26.1 Å². The summed E-state index contributed by atoms with van der Waals surface area (Å²) in [5, 5.41) is 7.61. The second-order valence-electron chi connectivity index (χ2n) is 4.40. The summed E-state index contributed by atoms with van der Waals surface area (Å²) >= 11 is 0. The van der Waals surface area contributed by atoms with Crippen LogP contribution < -0.4 is 5.32 Å². The molecule has 2 rings (SSSR count). The average molecular weight is 263 g/mol. The lowest BCUT2D eigenvalue weighted by atomic mass is 10.1. The number of aryl methyl sites for hydroxylation is 1. The van der Waals surface area contributed by atoms with E-state index in [9.17, 15) is 4.39 Å². The maximum Gasteiger partial charge on any atom is 0.151 e. The van der Waals surface area contributed by atoms with Crippen molar-refractivity contribution in [2.75, 3.05) is 6.54 Å². The van der Waals surface area contributed by atoms with E-state index in [4.69, 9.17) is 0 Å². The fourth-order valence-corrected chi connectivity index (χ4v) is 1.91. The number of pyridine rings is 1. The molecule has 2 aromatic heterocycles. The van der Waals surface area contributed by atoms with E-state index in [1.807, 2.05) is 7.05 Å². The van der Waals surface area contributed by atoms with Gasteiger partial charge in [0.05, 0.1) is 11.9 Å². The molecule has 0 aliphatic carbocycles. The van der Waals surface area contributed by atoms with E-state index in [1.54, 1.807) is 17.1 Å². The highest BCUT2D eigenvalue weighted by molar-refractivity contribution is 5.09. The van der Waals surface area contributed by atoms with Crippen molar-refractivity contribution in [2.24, 2.45) is 7.05 Å². The van der Waals surface area contributed by atoms with E-state index in [1.165, 1.54) is 12.3 Å². The molecule has 0 aliphatic heterocycles. The molecule has 0 amide bonds. The van der Waals surface area contributed by atoms with Crippen molar-refractivity contribution in [3.05, 3.63) is 42.0 Å². The molecule has 0 saturated carbocycles. The first kappa shape index (κ1) is 13.6. The van der Waals surface area contributed by atoms with Crippen molar-refractivity contribution in [2.45, 2.75) is 25.8 Å². The van der Waals surface area contributed by atoms with Gasteiger partial charge in [-0.25, -0.2) is 9.37 Å². The highest BCUT2D eigenvalue weighted by atomic mass is 19.1. The zero-order chi connectivity index (χ0) is 13.7. The quantitative estimate of drug-likeness (QED) is 0.860. The van der Waals surface area contributed by atoms with Crippen molar-refractivity contribution in [1.29, 1.82) is 0 Å².